The van der Waals surface area contributed by atoms with Crippen LogP contribution >= 0.6 is 0 Å². The van der Waals surface area contributed by atoms with Gasteiger partial charge in [-0.25, -0.2) is 0 Å². The third kappa shape index (κ3) is 0.747. The van der Waals surface area contributed by atoms with Gasteiger partial charge in [-0.3, -0.25) is 0 Å². The third-order valence-electron chi connectivity index (χ3n) is 0.547. The van der Waals surface area contributed by atoms with Crippen LogP contribution in [0.2, 0.25) is 0 Å². The monoisotopic (exact) mass is 103 g/mol. The van der Waals surface area contributed by atoms with Crippen molar-refractivity contribution in [1.82, 2.24) is 5.64 Å². The van der Waals surface area contributed by atoms with E-state index in [4.69, 9.17) is 0 Å². The van der Waals surface area contributed by atoms with E-state index in [1.165, 1.54) is 13.4 Å². The fraction of sp³-hybridized carbons (Fsp3) is 0.333. The number of rotatable bonds is 1. The molecular weight excluding hydrogens is 98.0 g/mol. The maximum absolute atomic E-state index is 4.56. The molecule has 0 radical (unpaired) electrons. The van der Waals surface area contributed by atoms with Gasteiger partial charge in [-0.15, -0.1) is 0 Å². The Balaban J connectivity index is 2.36. The van der Waals surface area contributed by atoms with Crippen molar-refractivity contribution in [3.63, 3.8) is 0 Å². The van der Waals surface area contributed by atoms with Gasteiger partial charge in [0.1, 0.15) is 0 Å². The highest BCUT2D eigenvalue weighted by Gasteiger charge is 2.02. The summed E-state index contributed by atoms with van der Waals surface area (Å²) in [6, 6.07) is 0. The molecule has 1 rings (SSSR count). The van der Waals surface area contributed by atoms with Crippen molar-refractivity contribution in [3.8, 4) is 0 Å². The molecule has 7 heavy (non-hydrogen) atoms. The summed E-state index contributed by atoms with van der Waals surface area (Å²) in [5.41, 5.74) is 2.11. The molecule has 4 nitrogen and oxygen atoms in total. The molecule has 0 aromatic rings. The molecule has 0 atom stereocenters. The molecule has 0 saturated heterocycles. The Bertz CT molecular complexity index is 90.2. The summed E-state index contributed by atoms with van der Waals surface area (Å²) in [5.74, 6) is 0.333. The first kappa shape index (κ1) is 4.26. The van der Waals surface area contributed by atoms with Crippen molar-refractivity contribution >= 4 is 0 Å². The minimum Gasteiger partial charge on any atom is -0.465 e. The van der Waals surface area contributed by atoms with E-state index in [1.54, 1.807) is 0 Å². The van der Waals surface area contributed by atoms with Crippen LogP contribution in [0.4, 0.5) is 0 Å². The van der Waals surface area contributed by atoms with Crippen LogP contribution in [-0.4, -0.2) is 7.11 Å². The Labute approximate surface area is 40.6 Å². The standard InChI is InChI=1S/C3H5NO3/c1-5-3-2-6-4-7-3/h2,4H,1H3. The van der Waals surface area contributed by atoms with Crippen LogP contribution in [0.5, 0.6) is 0 Å². The highest BCUT2D eigenvalue weighted by molar-refractivity contribution is 4.74. The smallest absolute Gasteiger partial charge is 0.341 e. The third-order valence-corrected chi connectivity index (χ3v) is 0.547. The van der Waals surface area contributed by atoms with E-state index in [9.17, 15) is 0 Å². The zero-order valence-electron chi connectivity index (χ0n) is 3.80. The molecule has 1 heterocycles. The van der Waals surface area contributed by atoms with Crippen LogP contribution < -0.4 is 5.64 Å². The van der Waals surface area contributed by atoms with E-state index < -0.39 is 0 Å². The van der Waals surface area contributed by atoms with Gasteiger partial charge < -0.3 is 14.4 Å². The van der Waals surface area contributed by atoms with Crippen LogP contribution in [-0.2, 0) is 14.4 Å². The van der Waals surface area contributed by atoms with E-state index >= 15 is 0 Å². The first-order valence-electron chi connectivity index (χ1n) is 1.75. The number of hydrogen-bond donors (Lipinski definition) is 1. The first-order valence-corrected chi connectivity index (χ1v) is 1.75. The Morgan fingerprint density at radius 2 is 2.71 bits per heavy atom. The van der Waals surface area contributed by atoms with Gasteiger partial charge in [0.25, 0.3) is 0 Å². The van der Waals surface area contributed by atoms with Crippen molar-refractivity contribution in [1.29, 1.82) is 0 Å². The molecule has 0 amide bonds. The van der Waals surface area contributed by atoms with Gasteiger partial charge >= 0.3 is 5.95 Å². The van der Waals surface area contributed by atoms with Gasteiger partial charge in [0.05, 0.1) is 7.11 Å². The molecular formula is C3H5NO3. The van der Waals surface area contributed by atoms with E-state index in [0.717, 1.165) is 0 Å². The Morgan fingerprint density at radius 3 is 3.00 bits per heavy atom. The van der Waals surface area contributed by atoms with Gasteiger partial charge in [0.2, 0.25) is 0 Å². The quantitative estimate of drug-likeness (QED) is 0.503. The zero-order chi connectivity index (χ0) is 5.11. The van der Waals surface area contributed by atoms with Crippen LogP contribution in [0.1, 0.15) is 0 Å². The Kier molecular flexibility index (Phi) is 1.04. The summed E-state index contributed by atoms with van der Waals surface area (Å²) >= 11 is 0. The lowest BCUT2D eigenvalue weighted by atomic mass is 11.0. The van der Waals surface area contributed by atoms with Gasteiger partial charge in [0.15, 0.2) is 6.26 Å². The maximum Gasteiger partial charge on any atom is 0.341 e. The van der Waals surface area contributed by atoms with Crippen molar-refractivity contribution in [2.75, 3.05) is 7.11 Å². The molecule has 0 spiro atoms. The lowest BCUT2D eigenvalue weighted by molar-refractivity contribution is -0.0886. The minimum atomic E-state index is 0.333. The topological polar surface area (TPSA) is 39.7 Å². The number of hydrogen-bond acceptors (Lipinski definition) is 4. The van der Waals surface area contributed by atoms with Crippen LogP contribution in [0.15, 0.2) is 12.2 Å². The molecule has 0 fully saturated rings. The lowest BCUT2D eigenvalue weighted by Gasteiger charge is -1.92. The molecule has 1 aliphatic rings. The molecule has 1 N–H and O–H groups in total. The van der Waals surface area contributed by atoms with Crippen LogP contribution in [0, 0.1) is 0 Å². The average Bonchev–Trinajstić information content (AvgIpc) is 2.14. The highest BCUT2D eigenvalue weighted by atomic mass is 17.0. The van der Waals surface area contributed by atoms with Crippen LogP contribution in [0.3, 0.4) is 0 Å². The molecule has 0 saturated carbocycles. The van der Waals surface area contributed by atoms with E-state index in [1.807, 2.05) is 0 Å². The summed E-state index contributed by atoms with van der Waals surface area (Å²) in [5, 5.41) is 0. The van der Waals surface area contributed by atoms with Crippen molar-refractivity contribution in [3.05, 3.63) is 12.2 Å². The fourth-order valence-corrected chi connectivity index (χ4v) is 0.251. The SMILES string of the molecule is COC1=CONO1. The second-order valence-electron chi connectivity index (χ2n) is 0.944. The summed E-state index contributed by atoms with van der Waals surface area (Å²) < 4.78 is 4.56. The van der Waals surface area contributed by atoms with E-state index in [0.29, 0.717) is 5.95 Å². The van der Waals surface area contributed by atoms with Gasteiger partial charge in [0, 0.05) is 5.64 Å². The van der Waals surface area contributed by atoms with Gasteiger partial charge in [-0.2, -0.15) is 0 Å². The second kappa shape index (κ2) is 1.70. The maximum atomic E-state index is 4.56. The van der Waals surface area contributed by atoms with Gasteiger partial charge in [-0.1, -0.05) is 0 Å². The van der Waals surface area contributed by atoms with E-state index in [-0.39, 0.29) is 0 Å². The Morgan fingerprint density at radius 1 is 1.86 bits per heavy atom. The molecule has 0 unspecified atom stereocenters. The molecule has 1 aliphatic heterocycles. The normalized spacial score (nSPS) is 17.0. The molecule has 0 bridgehead atoms. The molecule has 0 aromatic heterocycles. The number of ether oxygens (including phenoxy) is 1. The fourth-order valence-electron chi connectivity index (χ4n) is 0.251. The van der Waals surface area contributed by atoms with E-state index in [2.05, 4.69) is 20.1 Å². The van der Waals surface area contributed by atoms with Crippen molar-refractivity contribution < 1.29 is 14.4 Å². The zero-order valence-corrected chi connectivity index (χ0v) is 3.80. The summed E-state index contributed by atoms with van der Waals surface area (Å²) in [4.78, 5) is 8.86. The lowest BCUT2D eigenvalue weighted by Crippen LogP contribution is -2.02. The van der Waals surface area contributed by atoms with Crippen LogP contribution in [0.25, 0.3) is 0 Å². The highest BCUT2D eigenvalue weighted by Crippen LogP contribution is 1.99. The van der Waals surface area contributed by atoms with Crippen molar-refractivity contribution in [2.45, 2.75) is 0 Å². The second-order valence-corrected chi connectivity index (χ2v) is 0.944. The molecule has 0 aromatic carbocycles. The molecule has 0 aliphatic carbocycles. The summed E-state index contributed by atoms with van der Waals surface area (Å²) in [6.45, 7) is 0. The number of nitrogens with one attached hydrogen (secondary N) is 1. The largest absolute Gasteiger partial charge is 0.465 e. The summed E-state index contributed by atoms with van der Waals surface area (Å²) in [6.07, 6.45) is 1.32. The first-order chi connectivity index (χ1) is 3.43. The Hall–Kier alpha value is -0.900. The van der Waals surface area contributed by atoms with Crippen molar-refractivity contribution in [2.24, 2.45) is 0 Å². The predicted molar refractivity (Wildman–Crippen MR) is 20.4 cm³/mol. The summed E-state index contributed by atoms with van der Waals surface area (Å²) in [7, 11) is 1.49. The number of methoxy groups -OCH3 is 1. The molecule has 4 heteroatoms. The molecule has 40 valence electrons. The minimum absolute atomic E-state index is 0.333. The predicted octanol–water partition coefficient (Wildman–Crippen LogP) is -0.102. The average molecular weight is 103 g/mol. The van der Waals surface area contributed by atoms with Gasteiger partial charge in [-0.05, 0) is 0 Å².